The van der Waals surface area contributed by atoms with Gasteiger partial charge in [0.25, 0.3) is 0 Å². The van der Waals surface area contributed by atoms with Crippen LogP contribution in [0.25, 0.3) is 0 Å². The molecular weight excluding hydrogens is 306 g/mol. The number of aromatic carboxylic acids is 1. The van der Waals surface area contributed by atoms with Gasteiger partial charge in [-0.15, -0.1) is 0 Å². The number of carboxylic acids is 1. The molecule has 1 aromatic carbocycles. The summed E-state index contributed by atoms with van der Waals surface area (Å²) in [5, 5.41) is 12.5. The van der Waals surface area contributed by atoms with Crippen molar-refractivity contribution in [3.63, 3.8) is 0 Å². The molecule has 19 heavy (non-hydrogen) atoms. The van der Waals surface area contributed by atoms with E-state index in [0.717, 1.165) is 16.9 Å². The predicted molar refractivity (Wildman–Crippen MR) is 80.7 cm³/mol. The second-order valence-electron chi connectivity index (χ2n) is 5.40. The van der Waals surface area contributed by atoms with Crippen molar-refractivity contribution in [2.75, 3.05) is 11.9 Å². The fraction of sp³-hybridized carbons (Fsp3) is 0.533. The lowest BCUT2D eigenvalue weighted by Gasteiger charge is -2.29. The molecule has 0 bridgehead atoms. The minimum absolute atomic E-state index is 0.331. The van der Waals surface area contributed by atoms with Gasteiger partial charge in [-0.25, -0.2) is 4.79 Å². The van der Waals surface area contributed by atoms with Gasteiger partial charge in [0.15, 0.2) is 0 Å². The third-order valence-corrected chi connectivity index (χ3v) is 4.55. The van der Waals surface area contributed by atoms with Crippen LogP contribution < -0.4 is 5.32 Å². The molecule has 1 aliphatic carbocycles. The maximum Gasteiger partial charge on any atom is 0.337 e. The van der Waals surface area contributed by atoms with E-state index in [2.05, 4.69) is 28.2 Å². The number of rotatable bonds is 4. The number of halogens is 1. The van der Waals surface area contributed by atoms with Crippen LogP contribution in [0.5, 0.6) is 0 Å². The topological polar surface area (TPSA) is 49.3 Å². The Labute approximate surface area is 122 Å². The van der Waals surface area contributed by atoms with Crippen molar-refractivity contribution in [3.05, 3.63) is 28.2 Å². The third-order valence-electron chi connectivity index (χ3n) is 4.06. The van der Waals surface area contributed by atoms with Crippen LogP contribution in [0.2, 0.25) is 0 Å². The van der Waals surface area contributed by atoms with Crippen molar-refractivity contribution in [2.24, 2.45) is 11.8 Å². The van der Waals surface area contributed by atoms with Gasteiger partial charge in [0, 0.05) is 16.7 Å². The molecule has 2 atom stereocenters. The number of anilines is 1. The predicted octanol–water partition coefficient (Wildman–Crippen LogP) is 4.39. The molecule has 4 heteroatoms. The summed E-state index contributed by atoms with van der Waals surface area (Å²) in [6.07, 6.45) is 5.16. The number of carboxylic acid groups (broad SMARTS) is 1. The van der Waals surface area contributed by atoms with Gasteiger partial charge in [0.2, 0.25) is 0 Å². The first kappa shape index (κ1) is 14.4. The van der Waals surface area contributed by atoms with Crippen molar-refractivity contribution in [1.29, 1.82) is 0 Å². The molecule has 2 rings (SSSR count). The Morgan fingerprint density at radius 3 is 2.84 bits per heavy atom. The molecule has 2 N–H and O–H groups in total. The van der Waals surface area contributed by atoms with E-state index in [1.165, 1.54) is 25.7 Å². The summed E-state index contributed by atoms with van der Waals surface area (Å²) in [7, 11) is 0. The number of carbonyl (C=O) groups is 1. The van der Waals surface area contributed by atoms with Gasteiger partial charge in [-0.05, 0) is 36.5 Å². The third kappa shape index (κ3) is 3.72. The fourth-order valence-electron chi connectivity index (χ4n) is 2.78. The summed E-state index contributed by atoms with van der Waals surface area (Å²) in [6, 6.07) is 5.36. The smallest absolute Gasteiger partial charge is 0.337 e. The van der Waals surface area contributed by atoms with Crippen LogP contribution in [0.15, 0.2) is 22.7 Å². The molecule has 1 saturated carbocycles. The average Bonchev–Trinajstić information content (AvgIpc) is 2.38. The van der Waals surface area contributed by atoms with E-state index in [1.807, 2.05) is 12.1 Å². The molecule has 0 saturated heterocycles. The summed E-state index contributed by atoms with van der Waals surface area (Å²) in [5.41, 5.74) is 1.05. The molecule has 104 valence electrons. The van der Waals surface area contributed by atoms with E-state index in [-0.39, 0.29) is 0 Å². The molecule has 2 unspecified atom stereocenters. The number of benzene rings is 1. The van der Waals surface area contributed by atoms with Gasteiger partial charge in [-0.3, -0.25) is 0 Å². The fourth-order valence-corrected chi connectivity index (χ4v) is 3.15. The van der Waals surface area contributed by atoms with Crippen LogP contribution in [-0.2, 0) is 0 Å². The van der Waals surface area contributed by atoms with Crippen molar-refractivity contribution < 1.29 is 9.90 Å². The molecular formula is C15H20BrNO2. The summed E-state index contributed by atoms with van der Waals surface area (Å²) in [4.78, 5) is 11.2. The minimum atomic E-state index is -0.888. The molecule has 1 aromatic rings. The standard InChI is InChI=1S/C15H20BrNO2/c1-10-4-2-3-5-11(10)9-17-14-7-6-12(16)8-13(14)15(18)19/h6-8,10-11,17H,2-5,9H2,1H3,(H,18,19). The normalized spacial score (nSPS) is 23.1. The Balaban J connectivity index is 2.04. The highest BCUT2D eigenvalue weighted by Crippen LogP contribution is 2.30. The highest BCUT2D eigenvalue weighted by molar-refractivity contribution is 9.10. The highest BCUT2D eigenvalue weighted by Gasteiger charge is 2.21. The Bertz CT molecular complexity index is 461. The molecule has 0 radical (unpaired) electrons. The monoisotopic (exact) mass is 325 g/mol. The van der Waals surface area contributed by atoms with Crippen LogP contribution in [0.3, 0.4) is 0 Å². The quantitative estimate of drug-likeness (QED) is 0.863. The lowest BCUT2D eigenvalue weighted by atomic mass is 9.80. The second-order valence-corrected chi connectivity index (χ2v) is 6.31. The zero-order chi connectivity index (χ0) is 13.8. The maximum atomic E-state index is 11.2. The lowest BCUT2D eigenvalue weighted by Crippen LogP contribution is -2.24. The van der Waals surface area contributed by atoms with E-state index < -0.39 is 5.97 Å². The molecule has 0 heterocycles. The maximum absolute atomic E-state index is 11.2. The van der Waals surface area contributed by atoms with Gasteiger partial charge in [-0.2, -0.15) is 0 Å². The SMILES string of the molecule is CC1CCCCC1CNc1ccc(Br)cc1C(=O)O. The molecule has 1 aliphatic rings. The first-order valence-electron chi connectivity index (χ1n) is 6.84. The van der Waals surface area contributed by atoms with E-state index in [9.17, 15) is 9.90 Å². The van der Waals surface area contributed by atoms with Gasteiger partial charge >= 0.3 is 5.97 Å². The molecule has 1 fully saturated rings. The van der Waals surface area contributed by atoms with E-state index in [4.69, 9.17) is 0 Å². The van der Waals surface area contributed by atoms with Crippen LogP contribution in [0.1, 0.15) is 43.0 Å². The van der Waals surface area contributed by atoms with Crippen molar-refractivity contribution in [1.82, 2.24) is 0 Å². The van der Waals surface area contributed by atoms with E-state index >= 15 is 0 Å². The van der Waals surface area contributed by atoms with Crippen LogP contribution >= 0.6 is 15.9 Å². The van der Waals surface area contributed by atoms with Crippen LogP contribution in [-0.4, -0.2) is 17.6 Å². The van der Waals surface area contributed by atoms with Crippen LogP contribution in [0, 0.1) is 11.8 Å². The van der Waals surface area contributed by atoms with Crippen molar-refractivity contribution in [2.45, 2.75) is 32.6 Å². The zero-order valence-electron chi connectivity index (χ0n) is 11.2. The molecule has 0 amide bonds. The first-order valence-corrected chi connectivity index (χ1v) is 7.64. The Morgan fingerprint density at radius 2 is 2.16 bits per heavy atom. The van der Waals surface area contributed by atoms with Gasteiger partial charge < -0.3 is 10.4 Å². The van der Waals surface area contributed by atoms with Gasteiger partial charge in [0.05, 0.1) is 5.56 Å². The Kier molecular flexibility index (Phi) is 4.86. The summed E-state index contributed by atoms with van der Waals surface area (Å²) < 4.78 is 0.793. The first-order chi connectivity index (χ1) is 9.08. The lowest BCUT2D eigenvalue weighted by molar-refractivity contribution is 0.0698. The van der Waals surface area contributed by atoms with Crippen molar-refractivity contribution >= 4 is 27.6 Å². The number of hydrogen-bond acceptors (Lipinski definition) is 2. The Hall–Kier alpha value is -1.03. The summed E-state index contributed by atoms with van der Waals surface area (Å²) in [5.74, 6) is 0.490. The van der Waals surface area contributed by atoms with E-state index in [1.54, 1.807) is 6.07 Å². The largest absolute Gasteiger partial charge is 0.478 e. The number of hydrogen-bond donors (Lipinski definition) is 2. The molecule has 0 spiro atoms. The Morgan fingerprint density at radius 1 is 1.42 bits per heavy atom. The number of nitrogens with one attached hydrogen (secondary N) is 1. The second kappa shape index (κ2) is 6.42. The van der Waals surface area contributed by atoms with Gasteiger partial charge in [-0.1, -0.05) is 42.1 Å². The van der Waals surface area contributed by atoms with Crippen LogP contribution in [0.4, 0.5) is 5.69 Å². The van der Waals surface area contributed by atoms with E-state index in [0.29, 0.717) is 17.2 Å². The summed E-state index contributed by atoms with van der Waals surface area (Å²) >= 11 is 3.31. The minimum Gasteiger partial charge on any atom is -0.478 e. The molecule has 3 nitrogen and oxygen atoms in total. The average molecular weight is 326 g/mol. The van der Waals surface area contributed by atoms with Gasteiger partial charge in [0.1, 0.15) is 0 Å². The highest BCUT2D eigenvalue weighted by atomic mass is 79.9. The zero-order valence-corrected chi connectivity index (χ0v) is 12.7. The molecule has 0 aliphatic heterocycles. The summed E-state index contributed by atoms with van der Waals surface area (Å²) in [6.45, 7) is 3.16. The molecule has 0 aromatic heterocycles. The van der Waals surface area contributed by atoms with Crippen molar-refractivity contribution in [3.8, 4) is 0 Å².